The summed E-state index contributed by atoms with van der Waals surface area (Å²) < 4.78 is 7.32. The zero-order valence-electron chi connectivity index (χ0n) is 16.4. The van der Waals surface area contributed by atoms with Crippen LogP contribution in [0.3, 0.4) is 0 Å². The van der Waals surface area contributed by atoms with E-state index in [-0.39, 0.29) is 10.8 Å². The highest BCUT2D eigenvalue weighted by Crippen LogP contribution is 2.38. The highest BCUT2D eigenvalue weighted by Gasteiger charge is 2.25. The molecule has 0 N–H and O–H groups in total. The van der Waals surface area contributed by atoms with Gasteiger partial charge in [0.2, 0.25) is 11.8 Å². The van der Waals surface area contributed by atoms with Crippen molar-refractivity contribution in [1.29, 1.82) is 0 Å². The summed E-state index contributed by atoms with van der Waals surface area (Å²) in [4.78, 5) is 20.7. The van der Waals surface area contributed by atoms with E-state index in [1.807, 2.05) is 38.1 Å². The minimum absolute atomic E-state index is 0.00895. The molecule has 3 aromatic heterocycles. The average molecular weight is 425 g/mol. The monoisotopic (exact) mass is 424 g/mol. The van der Waals surface area contributed by atoms with Crippen molar-refractivity contribution in [2.45, 2.75) is 50.4 Å². The number of fused-ring (bicyclic) bond motifs is 3. The van der Waals surface area contributed by atoms with E-state index in [0.29, 0.717) is 16.9 Å². The van der Waals surface area contributed by atoms with E-state index in [9.17, 15) is 4.79 Å². The highest BCUT2D eigenvalue weighted by molar-refractivity contribution is 7.99. The molecule has 0 radical (unpaired) electrons. The summed E-state index contributed by atoms with van der Waals surface area (Å²) in [5, 5.41) is 9.37. The minimum atomic E-state index is -0.121. The Hall–Kier alpha value is -2.45. The van der Waals surface area contributed by atoms with Crippen LogP contribution in [0.4, 0.5) is 0 Å². The second-order valence-corrected chi connectivity index (χ2v) is 9.72. The third-order valence-corrected chi connectivity index (χ3v) is 7.40. The van der Waals surface area contributed by atoms with Gasteiger partial charge in [0, 0.05) is 11.8 Å². The Morgan fingerprint density at radius 2 is 1.97 bits per heavy atom. The minimum Gasteiger partial charge on any atom is -0.424 e. The van der Waals surface area contributed by atoms with Gasteiger partial charge < -0.3 is 4.42 Å². The Kier molecular flexibility index (Phi) is 4.55. The van der Waals surface area contributed by atoms with Gasteiger partial charge in [0.1, 0.15) is 4.83 Å². The summed E-state index contributed by atoms with van der Waals surface area (Å²) in [5.74, 6) is 1.06. The van der Waals surface area contributed by atoms with Crippen molar-refractivity contribution in [3.8, 4) is 5.69 Å². The molecule has 8 heteroatoms. The van der Waals surface area contributed by atoms with Crippen molar-refractivity contribution in [2.24, 2.45) is 0 Å². The molecule has 0 saturated carbocycles. The van der Waals surface area contributed by atoms with E-state index in [4.69, 9.17) is 9.40 Å². The van der Waals surface area contributed by atoms with Crippen molar-refractivity contribution >= 4 is 33.3 Å². The number of thiophene rings is 1. The van der Waals surface area contributed by atoms with Gasteiger partial charge in [-0.05, 0) is 50.8 Å². The fourth-order valence-electron chi connectivity index (χ4n) is 3.71. The van der Waals surface area contributed by atoms with E-state index in [1.165, 1.54) is 22.2 Å². The third-order valence-electron chi connectivity index (χ3n) is 5.17. The fourth-order valence-corrected chi connectivity index (χ4v) is 5.97. The molecule has 0 spiro atoms. The molecule has 1 atom stereocenters. The fraction of sp³-hybridized carbons (Fsp3) is 0.333. The van der Waals surface area contributed by atoms with Crippen molar-refractivity contribution in [1.82, 2.24) is 19.7 Å². The lowest BCUT2D eigenvalue weighted by molar-refractivity contribution is 0.470. The Balaban J connectivity index is 1.70. The van der Waals surface area contributed by atoms with Gasteiger partial charge in [-0.1, -0.05) is 29.5 Å². The molecular formula is C21H20N4O2S2. The first-order valence-corrected chi connectivity index (χ1v) is 11.3. The van der Waals surface area contributed by atoms with Gasteiger partial charge >= 0.3 is 0 Å². The number of benzene rings is 1. The number of hydrogen-bond acceptors (Lipinski definition) is 7. The molecule has 0 amide bonds. The topological polar surface area (TPSA) is 73.8 Å². The molecule has 5 rings (SSSR count). The van der Waals surface area contributed by atoms with Crippen molar-refractivity contribution < 1.29 is 4.42 Å². The number of aryl methyl sites for hydroxylation is 4. The van der Waals surface area contributed by atoms with E-state index in [0.717, 1.165) is 40.7 Å². The second-order valence-electron chi connectivity index (χ2n) is 7.33. The Morgan fingerprint density at radius 1 is 1.17 bits per heavy atom. The lowest BCUT2D eigenvalue weighted by Crippen LogP contribution is -2.22. The van der Waals surface area contributed by atoms with E-state index in [2.05, 4.69) is 10.2 Å². The summed E-state index contributed by atoms with van der Waals surface area (Å²) in [6.07, 6.45) is 3.12. The first-order chi connectivity index (χ1) is 14.0. The maximum absolute atomic E-state index is 13.6. The lowest BCUT2D eigenvalue weighted by atomic mass is 10.2. The molecule has 4 aromatic rings. The van der Waals surface area contributed by atoms with E-state index >= 15 is 0 Å². The largest absolute Gasteiger partial charge is 0.424 e. The van der Waals surface area contributed by atoms with Crippen LogP contribution in [0.15, 0.2) is 38.6 Å². The van der Waals surface area contributed by atoms with Crippen molar-refractivity contribution in [3.05, 3.63) is 62.4 Å². The zero-order chi connectivity index (χ0) is 20.1. The van der Waals surface area contributed by atoms with Crippen molar-refractivity contribution in [2.75, 3.05) is 0 Å². The van der Waals surface area contributed by atoms with Crippen molar-refractivity contribution in [3.63, 3.8) is 0 Å². The van der Waals surface area contributed by atoms with Crippen LogP contribution in [-0.4, -0.2) is 19.7 Å². The van der Waals surface area contributed by atoms with Crippen LogP contribution in [0.1, 0.15) is 46.4 Å². The summed E-state index contributed by atoms with van der Waals surface area (Å²) in [5.41, 5.74) is 3.18. The molecule has 0 saturated heterocycles. The van der Waals surface area contributed by atoms with Gasteiger partial charge in [-0.15, -0.1) is 21.5 Å². The maximum atomic E-state index is 13.6. The van der Waals surface area contributed by atoms with Gasteiger partial charge in [0.25, 0.3) is 5.56 Å². The molecule has 0 bridgehead atoms. The highest BCUT2D eigenvalue weighted by atomic mass is 32.2. The van der Waals surface area contributed by atoms with E-state index < -0.39 is 0 Å². The Bertz CT molecular complexity index is 1270. The van der Waals surface area contributed by atoms with E-state index in [1.54, 1.807) is 22.8 Å². The lowest BCUT2D eigenvalue weighted by Gasteiger charge is -2.14. The number of thioether (sulfide) groups is 1. The van der Waals surface area contributed by atoms with Crippen LogP contribution in [0.5, 0.6) is 0 Å². The first-order valence-electron chi connectivity index (χ1n) is 9.62. The average Bonchev–Trinajstić information content (AvgIpc) is 3.39. The SMILES string of the molecule is Cc1ccc(-n2c(SC(C)c3nnc(C)o3)nc3sc4c(c3c2=O)CCC4)cc1. The summed E-state index contributed by atoms with van der Waals surface area (Å²) in [6.45, 7) is 5.80. The summed E-state index contributed by atoms with van der Waals surface area (Å²) in [7, 11) is 0. The molecule has 3 heterocycles. The van der Waals surface area contributed by atoms with Crippen LogP contribution >= 0.6 is 23.1 Å². The molecule has 29 heavy (non-hydrogen) atoms. The van der Waals surface area contributed by atoms with Crippen LogP contribution in [0, 0.1) is 13.8 Å². The van der Waals surface area contributed by atoms with Gasteiger partial charge in [-0.2, -0.15) is 0 Å². The van der Waals surface area contributed by atoms with Gasteiger partial charge in [-0.3, -0.25) is 9.36 Å². The predicted octanol–water partition coefficient (Wildman–Crippen LogP) is 4.79. The number of hydrogen-bond donors (Lipinski definition) is 0. The molecular weight excluding hydrogens is 404 g/mol. The standard InChI is InChI=1S/C21H20N4O2S2/c1-11-7-9-14(10-8-11)25-20(26)17-15-5-4-6-16(15)29-19(17)22-21(25)28-12(2)18-24-23-13(3)27-18/h7-10,12H,4-6H2,1-3H3. The quantitative estimate of drug-likeness (QED) is 0.346. The van der Waals surface area contributed by atoms with Crippen LogP contribution in [0.25, 0.3) is 15.9 Å². The third kappa shape index (κ3) is 3.20. The number of aromatic nitrogens is 4. The predicted molar refractivity (Wildman–Crippen MR) is 115 cm³/mol. The Labute approximate surface area is 176 Å². The molecule has 1 aromatic carbocycles. The van der Waals surface area contributed by atoms with Gasteiger partial charge in [0.15, 0.2) is 5.16 Å². The van der Waals surface area contributed by atoms with Crippen LogP contribution < -0.4 is 5.56 Å². The summed E-state index contributed by atoms with van der Waals surface area (Å²) in [6, 6.07) is 7.98. The molecule has 148 valence electrons. The maximum Gasteiger partial charge on any atom is 0.267 e. The summed E-state index contributed by atoms with van der Waals surface area (Å²) >= 11 is 3.13. The normalized spacial score (nSPS) is 14.4. The molecule has 1 aliphatic rings. The molecule has 0 fully saturated rings. The molecule has 1 unspecified atom stereocenters. The molecule has 6 nitrogen and oxygen atoms in total. The van der Waals surface area contributed by atoms with Gasteiger partial charge in [-0.25, -0.2) is 4.98 Å². The number of rotatable bonds is 4. The molecule has 1 aliphatic carbocycles. The zero-order valence-corrected chi connectivity index (χ0v) is 18.1. The first kappa shape index (κ1) is 18.6. The number of nitrogens with zero attached hydrogens (tertiary/aromatic N) is 4. The Morgan fingerprint density at radius 3 is 2.69 bits per heavy atom. The van der Waals surface area contributed by atoms with Crippen LogP contribution in [-0.2, 0) is 12.8 Å². The smallest absolute Gasteiger partial charge is 0.267 e. The van der Waals surface area contributed by atoms with Crippen LogP contribution in [0.2, 0.25) is 0 Å². The van der Waals surface area contributed by atoms with Gasteiger partial charge in [0.05, 0.1) is 16.3 Å². The molecule has 0 aliphatic heterocycles. The second kappa shape index (κ2) is 7.11.